The monoisotopic (exact) mass is 298 g/mol. The number of rotatable bonds is 3. The summed E-state index contributed by atoms with van der Waals surface area (Å²) in [5.41, 5.74) is 3.73. The maximum Gasteiger partial charge on any atom is 0.337 e. The minimum Gasteiger partial charge on any atom is -0.489 e. The molecule has 0 aliphatic carbocycles. The van der Waals surface area contributed by atoms with Crippen LogP contribution in [0, 0.1) is 0 Å². The third-order valence-electron chi connectivity index (χ3n) is 3.61. The second-order valence-electron chi connectivity index (χ2n) is 4.97. The van der Waals surface area contributed by atoms with Gasteiger partial charge >= 0.3 is 5.97 Å². The van der Waals surface area contributed by atoms with Crippen molar-refractivity contribution in [3.05, 3.63) is 70.8 Å². The van der Waals surface area contributed by atoms with Crippen molar-refractivity contribution in [2.75, 3.05) is 13.7 Å². The SMILES string of the molecule is COC(=O)c1ccc2c(c1)C(c1cccc(CF)c1)=CCO2. The second kappa shape index (κ2) is 6.02. The van der Waals surface area contributed by atoms with E-state index in [2.05, 4.69) is 0 Å². The van der Waals surface area contributed by atoms with Crippen molar-refractivity contribution < 1.29 is 18.7 Å². The molecule has 0 spiro atoms. The molecule has 0 saturated carbocycles. The smallest absolute Gasteiger partial charge is 0.337 e. The van der Waals surface area contributed by atoms with E-state index in [1.807, 2.05) is 24.3 Å². The Bertz CT molecular complexity index is 750. The number of carbonyl (C=O) groups is 1. The molecule has 2 aromatic carbocycles. The van der Waals surface area contributed by atoms with Crippen molar-refractivity contribution in [2.24, 2.45) is 0 Å². The molecule has 1 aliphatic heterocycles. The van der Waals surface area contributed by atoms with Gasteiger partial charge in [-0.3, -0.25) is 0 Å². The predicted octanol–water partition coefficient (Wildman–Crippen LogP) is 3.77. The molecule has 0 fully saturated rings. The number of ether oxygens (including phenoxy) is 2. The van der Waals surface area contributed by atoms with Crippen LogP contribution < -0.4 is 4.74 Å². The van der Waals surface area contributed by atoms with Crippen molar-refractivity contribution in [2.45, 2.75) is 6.67 Å². The molecule has 0 amide bonds. The van der Waals surface area contributed by atoms with Crippen LogP contribution in [0.1, 0.15) is 27.0 Å². The molecule has 2 aromatic rings. The molecule has 3 nitrogen and oxygen atoms in total. The predicted molar refractivity (Wildman–Crippen MR) is 81.6 cm³/mol. The Morgan fingerprint density at radius 1 is 1.27 bits per heavy atom. The number of benzene rings is 2. The molecular weight excluding hydrogens is 283 g/mol. The Morgan fingerprint density at radius 3 is 2.91 bits per heavy atom. The number of hydrogen-bond acceptors (Lipinski definition) is 3. The fourth-order valence-electron chi connectivity index (χ4n) is 2.53. The van der Waals surface area contributed by atoms with Gasteiger partial charge in [0, 0.05) is 5.56 Å². The maximum absolute atomic E-state index is 12.9. The normalized spacial score (nSPS) is 12.9. The van der Waals surface area contributed by atoms with Crippen LogP contribution in [-0.2, 0) is 11.4 Å². The number of carbonyl (C=O) groups excluding carboxylic acids is 1. The molecule has 0 N–H and O–H groups in total. The average Bonchev–Trinajstić information content (AvgIpc) is 2.60. The van der Waals surface area contributed by atoms with E-state index in [1.54, 1.807) is 24.3 Å². The first-order chi connectivity index (χ1) is 10.7. The molecule has 3 rings (SSSR count). The van der Waals surface area contributed by atoms with Crippen molar-refractivity contribution in [3.63, 3.8) is 0 Å². The number of fused-ring (bicyclic) bond motifs is 1. The number of hydrogen-bond donors (Lipinski definition) is 0. The largest absolute Gasteiger partial charge is 0.489 e. The Kier molecular flexibility index (Phi) is 3.92. The molecule has 0 saturated heterocycles. The number of halogens is 1. The van der Waals surface area contributed by atoms with Gasteiger partial charge in [0.25, 0.3) is 0 Å². The highest BCUT2D eigenvalue weighted by molar-refractivity contribution is 5.93. The van der Waals surface area contributed by atoms with Crippen LogP contribution in [0.3, 0.4) is 0 Å². The van der Waals surface area contributed by atoms with E-state index in [9.17, 15) is 9.18 Å². The summed E-state index contributed by atoms with van der Waals surface area (Å²) in [5.74, 6) is 0.307. The van der Waals surface area contributed by atoms with Crippen molar-refractivity contribution >= 4 is 11.5 Å². The van der Waals surface area contributed by atoms with Gasteiger partial charge in [-0.15, -0.1) is 0 Å². The lowest BCUT2D eigenvalue weighted by Gasteiger charge is -2.20. The standard InChI is InChI=1S/C18H15FO3/c1-21-18(20)14-5-6-17-16(10-14)15(7-8-22-17)13-4-2-3-12(9-13)11-19/h2-7,9-10H,8,11H2,1H3. The van der Waals surface area contributed by atoms with Gasteiger partial charge in [0.1, 0.15) is 19.0 Å². The van der Waals surface area contributed by atoms with E-state index in [0.29, 0.717) is 23.5 Å². The highest BCUT2D eigenvalue weighted by Gasteiger charge is 2.18. The molecule has 112 valence electrons. The lowest BCUT2D eigenvalue weighted by Crippen LogP contribution is -2.08. The third kappa shape index (κ3) is 2.60. The molecule has 22 heavy (non-hydrogen) atoms. The lowest BCUT2D eigenvalue weighted by molar-refractivity contribution is 0.0600. The first-order valence-electron chi connectivity index (χ1n) is 6.94. The highest BCUT2D eigenvalue weighted by atomic mass is 19.1. The zero-order chi connectivity index (χ0) is 15.5. The van der Waals surface area contributed by atoms with Gasteiger partial charge in [0.15, 0.2) is 0 Å². The first kappa shape index (κ1) is 14.3. The van der Waals surface area contributed by atoms with E-state index in [4.69, 9.17) is 9.47 Å². The summed E-state index contributed by atoms with van der Waals surface area (Å²) < 4.78 is 23.2. The van der Waals surface area contributed by atoms with E-state index < -0.39 is 12.6 Å². The van der Waals surface area contributed by atoms with Gasteiger partial charge < -0.3 is 9.47 Å². The lowest BCUT2D eigenvalue weighted by atomic mass is 9.93. The van der Waals surface area contributed by atoms with Crippen LogP contribution in [0.25, 0.3) is 5.57 Å². The van der Waals surface area contributed by atoms with Crippen molar-refractivity contribution in [1.29, 1.82) is 0 Å². The minimum atomic E-state index is -0.507. The average molecular weight is 298 g/mol. The molecule has 0 bridgehead atoms. The minimum absolute atomic E-state index is 0.398. The molecule has 0 atom stereocenters. The van der Waals surface area contributed by atoms with Crippen LogP contribution >= 0.6 is 0 Å². The van der Waals surface area contributed by atoms with Crippen LogP contribution in [-0.4, -0.2) is 19.7 Å². The van der Waals surface area contributed by atoms with Gasteiger partial charge in [-0.25, -0.2) is 9.18 Å². The Hall–Kier alpha value is -2.62. The second-order valence-corrected chi connectivity index (χ2v) is 4.97. The Balaban J connectivity index is 2.08. The summed E-state index contributed by atoms with van der Waals surface area (Å²) >= 11 is 0. The summed E-state index contributed by atoms with van der Waals surface area (Å²) in [6, 6.07) is 12.5. The summed E-state index contributed by atoms with van der Waals surface area (Å²) in [5, 5.41) is 0. The number of esters is 1. The molecule has 4 heteroatoms. The highest BCUT2D eigenvalue weighted by Crippen LogP contribution is 2.35. The quantitative estimate of drug-likeness (QED) is 0.809. The van der Waals surface area contributed by atoms with Crippen LogP contribution in [0.15, 0.2) is 48.5 Å². The van der Waals surface area contributed by atoms with Crippen LogP contribution in [0.5, 0.6) is 5.75 Å². The first-order valence-corrected chi connectivity index (χ1v) is 6.94. The van der Waals surface area contributed by atoms with Crippen LogP contribution in [0.2, 0.25) is 0 Å². The molecule has 0 aromatic heterocycles. The van der Waals surface area contributed by atoms with Gasteiger partial charge in [0.05, 0.1) is 12.7 Å². The van der Waals surface area contributed by atoms with E-state index in [1.165, 1.54) is 7.11 Å². The fraction of sp³-hybridized carbons (Fsp3) is 0.167. The van der Waals surface area contributed by atoms with Crippen LogP contribution in [0.4, 0.5) is 4.39 Å². The number of methoxy groups -OCH3 is 1. The maximum atomic E-state index is 12.9. The van der Waals surface area contributed by atoms with Gasteiger partial charge in [-0.05, 0) is 47.0 Å². The van der Waals surface area contributed by atoms with Gasteiger partial charge in [-0.2, -0.15) is 0 Å². The van der Waals surface area contributed by atoms with Gasteiger partial charge in [0.2, 0.25) is 0 Å². The molecule has 0 unspecified atom stereocenters. The molecular formula is C18H15FO3. The van der Waals surface area contributed by atoms with Gasteiger partial charge in [-0.1, -0.05) is 18.2 Å². The zero-order valence-electron chi connectivity index (χ0n) is 12.1. The summed E-state index contributed by atoms with van der Waals surface area (Å²) in [7, 11) is 1.35. The summed E-state index contributed by atoms with van der Waals surface area (Å²) in [6.07, 6.45) is 1.93. The van der Waals surface area contributed by atoms with Crippen molar-refractivity contribution in [3.8, 4) is 5.75 Å². The Labute approximate surface area is 128 Å². The van der Waals surface area contributed by atoms with Crippen molar-refractivity contribution in [1.82, 2.24) is 0 Å². The van der Waals surface area contributed by atoms with E-state index in [-0.39, 0.29) is 0 Å². The summed E-state index contributed by atoms with van der Waals surface area (Å²) in [6.45, 7) is -0.0631. The topological polar surface area (TPSA) is 35.5 Å². The summed E-state index contributed by atoms with van der Waals surface area (Å²) in [4.78, 5) is 11.7. The molecule has 0 radical (unpaired) electrons. The number of alkyl halides is 1. The fourth-order valence-corrected chi connectivity index (χ4v) is 2.53. The van der Waals surface area contributed by atoms with E-state index >= 15 is 0 Å². The van der Waals surface area contributed by atoms with E-state index in [0.717, 1.165) is 16.7 Å². The zero-order valence-corrected chi connectivity index (χ0v) is 12.1. The third-order valence-corrected chi connectivity index (χ3v) is 3.61. The molecule has 1 heterocycles. The molecule has 1 aliphatic rings. The Morgan fingerprint density at radius 2 is 2.14 bits per heavy atom.